The van der Waals surface area contributed by atoms with Gasteiger partial charge in [-0.2, -0.15) is 0 Å². The molecule has 1 spiro atoms. The molecule has 170 valence electrons. The van der Waals surface area contributed by atoms with Crippen LogP contribution >= 0.6 is 11.8 Å². The molecule has 0 unspecified atom stereocenters. The van der Waals surface area contributed by atoms with Gasteiger partial charge < -0.3 is 0 Å². The number of nitrogens with zero attached hydrogens (tertiary/aromatic N) is 3. The second-order valence-corrected chi connectivity index (χ2v) is 10.00. The molecule has 3 aromatic rings. The summed E-state index contributed by atoms with van der Waals surface area (Å²) in [4.78, 5) is 29.6. The molecule has 1 saturated carbocycles. The average Bonchev–Trinajstić information content (AvgIpc) is 2.83. The van der Waals surface area contributed by atoms with Crippen molar-refractivity contribution in [2.24, 2.45) is 0 Å². The van der Waals surface area contributed by atoms with Gasteiger partial charge in [0.25, 0.3) is 11.2 Å². The Morgan fingerprint density at radius 2 is 1.82 bits per heavy atom. The Hall–Kier alpha value is -2.93. The summed E-state index contributed by atoms with van der Waals surface area (Å²) >= 11 is 1.52. The highest BCUT2D eigenvalue weighted by atomic mass is 32.2. The molecule has 0 atom stereocenters. The van der Waals surface area contributed by atoms with Crippen molar-refractivity contribution in [3.63, 3.8) is 0 Å². The predicted molar refractivity (Wildman–Crippen MR) is 131 cm³/mol. The Labute approximate surface area is 197 Å². The molecule has 0 aliphatic heterocycles. The maximum absolute atomic E-state index is 13.9. The molecule has 2 aliphatic rings. The molecular weight excluding hydrogens is 434 g/mol. The standard InChI is InChI=1S/C26H27N3O3S/c1-2-28-24(30)22-23(27-25(28)33-17-18-10-12-20(13-11-18)29(31)32)21-9-5-4-8-19(21)16-26(22)14-6-3-7-15-26/h4-5,8-13H,2-3,6-7,14-17H2,1H3. The van der Waals surface area contributed by atoms with Gasteiger partial charge in [0.1, 0.15) is 0 Å². The largest absolute Gasteiger partial charge is 0.288 e. The first-order valence-corrected chi connectivity index (χ1v) is 12.6. The predicted octanol–water partition coefficient (Wildman–Crippen LogP) is 5.89. The molecule has 0 saturated heterocycles. The highest BCUT2D eigenvalue weighted by Gasteiger charge is 2.43. The molecule has 0 N–H and O–H groups in total. The highest BCUT2D eigenvalue weighted by Crippen LogP contribution is 2.48. The van der Waals surface area contributed by atoms with E-state index in [9.17, 15) is 14.9 Å². The number of nitro benzene ring substituents is 1. The summed E-state index contributed by atoms with van der Waals surface area (Å²) in [7, 11) is 0. The van der Waals surface area contributed by atoms with Crippen molar-refractivity contribution in [3.05, 3.63) is 85.7 Å². The molecule has 2 aromatic carbocycles. The van der Waals surface area contributed by atoms with E-state index in [1.54, 1.807) is 12.1 Å². The van der Waals surface area contributed by atoms with Gasteiger partial charge in [0.05, 0.1) is 16.2 Å². The van der Waals surface area contributed by atoms with Crippen molar-refractivity contribution in [1.82, 2.24) is 9.55 Å². The SMILES string of the molecule is CCn1c(SCc2ccc([N+](=O)[O-])cc2)nc2c(c1=O)C1(CCCCC1)Cc1ccccc1-2. The van der Waals surface area contributed by atoms with Gasteiger partial charge in [0.2, 0.25) is 0 Å². The number of aromatic nitrogens is 2. The molecule has 0 radical (unpaired) electrons. The Morgan fingerprint density at radius 3 is 2.52 bits per heavy atom. The van der Waals surface area contributed by atoms with Gasteiger partial charge in [-0.05, 0) is 37.3 Å². The van der Waals surface area contributed by atoms with Crippen LogP contribution in [-0.4, -0.2) is 14.5 Å². The summed E-state index contributed by atoms with van der Waals surface area (Å²) in [6, 6.07) is 15.0. The van der Waals surface area contributed by atoms with Crippen molar-refractivity contribution in [3.8, 4) is 11.3 Å². The number of rotatable bonds is 5. The number of benzene rings is 2. The fourth-order valence-electron chi connectivity index (χ4n) is 5.47. The van der Waals surface area contributed by atoms with Gasteiger partial charge in [0, 0.05) is 35.4 Å². The minimum atomic E-state index is -0.394. The van der Waals surface area contributed by atoms with Gasteiger partial charge in [-0.3, -0.25) is 19.5 Å². The van der Waals surface area contributed by atoms with Gasteiger partial charge >= 0.3 is 0 Å². The monoisotopic (exact) mass is 461 g/mol. The molecule has 7 heteroatoms. The molecule has 1 aromatic heterocycles. The van der Waals surface area contributed by atoms with E-state index in [1.165, 1.54) is 35.9 Å². The van der Waals surface area contributed by atoms with Crippen LogP contribution in [0.5, 0.6) is 0 Å². The van der Waals surface area contributed by atoms with Crippen LogP contribution in [-0.2, 0) is 24.1 Å². The van der Waals surface area contributed by atoms with Crippen molar-refractivity contribution >= 4 is 17.4 Å². The maximum atomic E-state index is 13.9. The maximum Gasteiger partial charge on any atom is 0.269 e. The summed E-state index contributed by atoms with van der Waals surface area (Å²) in [5.74, 6) is 0.593. The Bertz CT molecular complexity index is 1260. The van der Waals surface area contributed by atoms with Gasteiger partial charge in [-0.15, -0.1) is 0 Å². The zero-order valence-corrected chi connectivity index (χ0v) is 19.6. The summed E-state index contributed by atoms with van der Waals surface area (Å²) < 4.78 is 1.82. The molecular formula is C26H27N3O3S. The van der Waals surface area contributed by atoms with Crippen LogP contribution < -0.4 is 5.56 Å². The molecule has 33 heavy (non-hydrogen) atoms. The number of fused-ring (bicyclic) bond motifs is 4. The minimum Gasteiger partial charge on any atom is -0.288 e. The van der Waals surface area contributed by atoms with Crippen molar-refractivity contribution < 1.29 is 4.92 Å². The van der Waals surface area contributed by atoms with Gasteiger partial charge in [-0.25, -0.2) is 4.98 Å². The second kappa shape index (κ2) is 8.78. The third-order valence-electron chi connectivity index (χ3n) is 7.11. The average molecular weight is 462 g/mol. The van der Waals surface area contributed by atoms with E-state index in [4.69, 9.17) is 4.98 Å². The molecule has 1 heterocycles. The lowest BCUT2D eigenvalue weighted by atomic mass is 9.62. The van der Waals surface area contributed by atoms with Crippen LogP contribution in [0.4, 0.5) is 5.69 Å². The molecule has 5 rings (SSSR count). The second-order valence-electron chi connectivity index (χ2n) is 9.05. The van der Waals surface area contributed by atoms with E-state index in [-0.39, 0.29) is 16.7 Å². The lowest BCUT2D eigenvalue weighted by Crippen LogP contribution is -2.43. The molecule has 2 aliphatic carbocycles. The van der Waals surface area contributed by atoms with E-state index in [0.717, 1.165) is 54.5 Å². The van der Waals surface area contributed by atoms with Crippen LogP contribution in [0.25, 0.3) is 11.3 Å². The number of hydrogen-bond acceptors (Lipinski definition) is 5. The zero-order chi connectivity index (χ0) is 23.0. The highest BCUT2D eigenvalue weighted by molar-refractivity contribution is 7.98. The van der Waals surface area contributed by atoms with Crippen molar-refractivity contribution in [2.75, 3.05) is 0 Å². The normalized spacial score (nSPS) is 16.3. The number of hydrogen-bond donors (Lipinski definition) is 0. The molecule has 0 amide bonds. The van der Waals surface area contributed by atoms with Crippen molar-refractivity contribution in [1.29, 1.82) is 0 Å². The van der Waals surface area contributed by atoms with Crippen LogP contribution in [0.15, 0.2) is 58.5 Å². The first-order chi connectivity index (χ1) is 16.0. The number of nitro groups is 1. The number of thioether (sulfide) groups is 1. The molecule has 0 bridgehead atoms. The molecule has 1 fully saturated rings. The summed E-state index contributed by atoms with van der Waals surface area (Å²) in [6.07, 6.45) is 6.56. The minimum absolute atomic E-state index is 0.0792. The topological polar surface area (TPSA) is 78.0 Å². The number of non-ortho nitro benzene ring substituents is 1. The van der Waals surface area contributed by atoms with E-state index in [2.05, 4.69) is 18.2 Å². The van der Waals surface area contributed by atoms with Crippen LogP contribution in [0.1, 0.15) is 55.7 Å². The summed E-state index contributed by atoms with van der Waals surface area (Å²) in [5, 5.41) is 11.6. The fourth-order valence-corrected chi connectivity index (χ4v) is 6.48. The summed E-state index contributed by atoms with van der Waals surface area (Å²) in [5.41, 5.74) is 5.19. The van der Waals surface area contributed by atoms with E-state index in [1.807, 2.05) is 17.6 Å². The van der Waals surface area contributed by atoms with Gasteiger partial charge in [0.15, 0.2) is 5.16 Å². The smallest absolute Gasteiger partial charge is 0.269 e. The van der Waals surface area contributed by atoms with Crippen LogP contribution in [0, 0.1) is 10.1 Å². The van der Waals surface area contributed by atoms with Crippen LogP contribution in [0.3, 0.4) is 0 Å². The quantitative estimate of drug-likeness (QED) is 0.205. The first kappa shape index (κ1) is 21.9. The van der Waals surface area contributed by atoms with E-state index >= 15 is 0 Å². The fraction of sp³-hybridized carbons (Fsp3) is 0.385. The van der Waals surface area contributed by atoms with Crippen molar-refractivity contribution in [2.45, 2.75) is 68.3 Å². The van der Waals surface area contributed by atoms with E-state index in [0.29, 0.717) is 17.5 Å². The van der Waals surface area contributed by atoms with Gasteiger partial charge in [-0.1, -0.05) is 67.4 Å². The molecule has 6 nitrogen and oxygen atoms in total. The Morgan fingerprint density at radius 1 is 1.09 bits per heavy atom. The zero-order valence-electron chi connectivity index (χ0n) is 18.8. The third-order valence-corrected chi connectivity index (χ3v) is 8.16. The first-order valence-electron chi connectivity index (χ1n) is 11.6. The van der Waals surface area contributed by atoms with Crippen LogP contribution in [0.2, 0.25) is 0 Å². The lowest BCUT2D eigenvalue weighted by molar-refractivity contribution is -0.384. The Kier molecular flexibility index (Phi) is 5.83. The lowest BCUT2D eigenvalue weighted by Gasteiger charge is -2.42. The third kappa shape index (κ3) is 3.88. The Balaban J connectivity index is 1.58. The van der Waals surface area contributed by atoms with E-state index < -0.39 is 4.92 Å². The summed E-state index contributed by atoms with van der Waals surface area (Å²) in [6.45, 7) is 2.56.